The monoisotopic (exact) mass is 225 g/mol. The zero-order valence-corrected chi connectivity index (χ0v) is 10.7. The summed E-state index contributed by atoms with van der Waals surface area (Å²) in [6, 6.07) is 4.15. The van der Waals surface area contributed by atoms with Crippen LogP contribution in [0, 0.1) is 5.92 Å². The van der Waals surface area contributed by atoms with E-state index in [0.29, 0.717) is 6.54 Å². The van der Waals surface area contributed by atoms with Crippen LogP contribution < -0.4 is 5.32 Å². The van der Waals surface area contributed by atoms with Crippen molar-refractivity contribution in [3.05, 3.63) is 23.7 Å². The Morgan fingerprint density at radius 3 is 2.50 bits per heavy atom. The number of hydrogen-bond donors (Lipinski definition) is 2. The van der Waals surface area contributed by atoms with Crippen molar-refractivity contribution >= 4 is 0 Å². The Hall–Kier alpha value is -0.800. The first kappa shape index (κ1) is 13.3. The Kier molecular flexibility index (Phi) is 5.03. The predicted octanol–water partition coefficient (Wildman–Crippen LogP) is 2.51. The molecule has 0 aliphatic carbocycles. The van der Waals surface area contributed by atoms with Crippen molar-refractivity contribution in [2.24, 2.45) is 5.92 Å². The average molecular weight is 225 g/mol. The smallest absolute Gasteiger partial charge is 0.120 e. The van der Waals surface area contributed by atoms with E-state index >= 15 is 0 Å². The molecule has 3 heteroatoms. The van der Waals surface area contributed by atoms with Crippen LogP contribution in [-0.2, 0) is 6.42 Å². The van der Waals surface area contributed by atoms with E-state index in [-0.39, 0.29) is 18.1 Å². The first-order valence-electron chi connectivity index (χ1n) is 6.04. The van der Waals surface area contributed by atoms with Crippen LogP contribution >= 0.6 is 0 Å². The van der Waals surface area contributed by atoms with Crippen LogP contribution in [0.5, 0.6) is 0 Å². The molecule has 2 atom stereocenters. The maximum Gasteiger partial charge on any atom is 0.120 e. The molecule has 1 aromatic rings. The van der Waals surface area contributed by atoms with Gasteiger partial charge in [0.15, 0.2) is 0 Å². The highest BCUT2D eigenvalue weighted by Crippen LogP contribution is 2.16. The highest BCUT2D eigenvalue weighted by Gasteiger charge is 2.13. The minimum atomic E-state index is -0.303. The number of rotatable bonds is 6. The summed E-state index contributed by atoms with van der Waals surface area (Å²) < 4.78 is 5.64. The summed E-state index contributed by atoms with van der Waals surface area (Å²) in [7, 11) is 0. The van der Waals surface area contributed by atoms with Gasteiger partial charge in [0.1, 0.15) is 11.5 Å². The number of hydrogen-bond acceptors (Lipinski definition) is 3. The van der Waals surface area contributed by atoms with Gasteiger partial charge in [-0.25, -0.2) is 0 Å². The minimum Gasteiger partial charge on any atom is -0.464 e. The summed E-state index contributed by atoms with van der Waals surface area (Å²) in [5.74, 6) is 2.23. The van der Waals surface area contributed by atoms with Gasteiger partial charge in [-0.3, -0.25) is 0 Å². The lowest BCUT2D eigenvalue weighted by Gasteiger charge is -2.18. The summed E-state index contributed by atoms with van der Waals surface area (Å²) in [4.78, 5) is 0. The number of nitrogens with one attached hydrogen (secondary N) is 1. The van der Waals surface area contributed by atoms with Crippen molar-refractivity contribution in [1.29, 1.82) is 0 Å². The molecule has 0 saturated carbocycles. The number of aryl methyl sites for hydroxylation is 1. The molecule has 92 valence electrons. The highest BCUT2D eigenvalue weighted by molar-refractivity contribution is 5.10. The fourth-order valence-corrected chi connectivity index (χ4v) is 1.45. The SMILES string of the molecule is CCc1ccc(C(C)NCC(O)C(C)C)o1. The van der Waals surface area contributed by atoms with Gasteiger partial charge >= 0.3 is 0 Å². The largest absolute Gasteiger partial charge is 0.464 e. The predicted molar refractivity (Wildman–Crippen MR) is 65.3 cm³/mol. The normalized spacial score (nSPS) is 15.4. The van der Waals surface area contributed by atoms with Crippen LogP contribution in [0.3, 0.4) is 0 Å². The van der Waals surface area contributed by atoms with E-state index in [4.69, 9.17) is 4.42 Å². The third-order valence-electron chi connectivity index (χ3n) is 2.86. The molecule has 0 saturated heterocycles. The van der Waals surface area contributed by atoms with Gasteiger partial charge in [-0.05, 0) is 25.0 Å². The fourth-order valence-electron chi connectivity index (χ4n) is 1.45. The lowest BCUT2D eigenvalue weighted by molar-refractivity contribution is 0.119. The van der Waals surface area contributed by atoms with Crippen molar-refractivity contribution in [2.75, 3.05) is 6.54 Å². The molecule has 3 nitrogen and oxygen atoms in total. The van der Waals surface area contributed by atoms with Crippen molar-refractivity contribution in [2.45, 2.75) is 46.3 Å². The molecular formula is C13H23NO2. The van der Waals surface area contributed by atoms with Crippen molar-refractivity contribution in [3.63, 3.8) is 0 Å². The van der Waals surface area contributed by atoms with Crippen LogP contribution in [0.15, 0.2) is 16.5 Å². The Labute approximate surface area is 97.9 Å². The second kappa shape index (κ2) is 6.06. The molecule has 0 spiro atoms. The molecule has 1 heterocycles. The van der Waals surface area contributed by atoms with E-state index in [2.05, 4.69) is 12.2 Å². The summed E-state index contributed by atoms with van der Waals surface area (Å²) in [6.45, 7) is 8.74. The maximum atomic E-state index is 9.68. The first-order valence-corrected chi connectivity index (χ1v) is 6.04. The van der Waals surface area contributed by atoms with E-state index in [1.54, 1.807) is 0 Å². The van der Waals surface area contributed by atoms with Crippen LogP contribution in [0.2, 0.25) is 0 Å². The topological polar surface area (TPSA) is 45.4 Å². The quantitative estimate of drug-likeness (QED) is 0.782. The standard InChI is InChI=1S/C13H23NO2/c1-5-11-6-7-13(16-11)10(4)14-8-12(15)9(2)3/h6-7,9-10,12,14-15H,5,8H2,1-4H3. The van der Waals surface area contributed by atoms with E-state index < -0.39 is 0 Å². The fraction of sp³-hybridized carbons (Fsp3) is 0.692. The molecule has 0 aliphatic heterocycles. The Balaban J connectivity index is 2.43. The van der Waals surface area contributed by atoms with Crippen LogP contribution in [0.4, 0.5) is 0 Å². The second-order valence-corrected chi connectivity index (χ2v) is 4.60. The molecule has 0 fully saturated rings. The van der Waals surface area contributed by atoms with Gasteiger partial charge < -0.3 is 14.8 Å². The lowest BCUT2D eigenvalue weighted by atomic mass is 10.1. The van der Waals surface area contributed by atoms with Gasteiger partial charge in [-0.2, -0.15) is 0 Å². The molecule has 0 aliphatic rings. The summed E-state index contributed by atoms with van der Waals surface area (Å²) in [6.07, 6.45) is 0.615. The van der Waals surface area contributed by atoms with Crippen molar-refractivity contribution in [1.82, 2.24) is 5.32 Å². The van der Waals surface area contributed by atoms with Crippen molar-refractivity contribution in [3.8, 4) is 0 Å². The summed E-state index contributed by atoms with van der Waals surface area (Å²) in [5, 5.41) is 13.0. The highest BCUT2D eigenvalue weighted by atomic mass is 16.3. The molecule has 16 heavy (non-hydrogen) atoms. The second-order valence-electron chi connectivity index (χ2n) is 4.60. The zero-order valence-electron chi connectivity index (χ0n) is 10.7. The van der Waals surface area contributed by atoms with Gasteiger partial charge in [-0.1, -0.05) is 20.8 Å². The van der Waals surface area contributed by atoms with E-state index in [1.807, 2.05) is 32.9 Å². The minimum absolute atomic E-state index is 0.147. The third-order valence-corrected chi connectivity index (χ3v) is 2.86. The molecule has 2 N–H and O–H groups in total. The Bertz CT molecular complexity index is 307. The van der Waals surface area contributed by atoms with Crippen LogP contribution in [-0.4, -0.2) is 17.8 Å². The molecule has 2 unspecified atom stereocenters. The van der Waals surface area contributed by atoms with E-state index in [0.717, 1.165) is 17.9 Å². The van der Waals surface area contributed by atoms with Crippen LogP contribution in [0.1, 0.15) is 45.3 Å². The molecular weight excluding hydrogens is 202 g/mol. The molecule has 1 aromatic heterocycles. The van der Waals surface area contributed by atoms with Gasteiger partial charge in [0.2, 0.25) is 0 Å². The van der Waals surface area contributed by atoms with Gasteiger partial charge in [-0.15, -0.1) is 0 Å². The molecule has 0 amide bonds. The first-order chi connectivity index (χ1) is 7.54. The Morgan fingerprint density at radius 2 is 2.00 bits per heavy atom. The number of aliphatic hydroxyl groups is 1. The zero-order chi connectivity index (χ0) is 12.1. The lowest BCUT2D eigenvalue weighted by Crippen LogP contribution is -2.32. The van der Waals surface area contributed by atoms with Crippen LogP contribution in [0.25, 0.3) is 0 Å². The molecule has 0 radical (unpaired) electrons. The van der Waals surface area contributed by atoms with E-state index in [1.165, 1.54) is 0 Å². The van der Waals surface area contributed by atoms with Gasteiger partial charge in [0.05, 0.1) is 12.1 Å². The molecule has 0 bridgehead atoms. The molecule has 1 rings (SSSR count). The maximum absolute atomic E-state index is 9.68. The molecule has 0 aromatic carbocycles. The van der Waals surface area contributed by atoms with E-state index in [9.17, 15) is 5.11 Å². The summed E-state index contributed by atoms with van der Waals surface area (Å²) in [5.41, 5.74) is 0. The van der Waals surface area contributed by atoms with Gasteiger partial charge in [0.25, 0.3) is 0 Å². The average Bonchev–Trinajstić information content (AvgIpc) is 2.73. The third kappa shape index (κ3) is 3.65. The number of aliphatic hydroxyl groups excluding tert-OH is 1. The van der Waals surface area contributed by atoms with Crippen molar-refractivity contribution < 1.29 is 9.52 Å². The summed E-state index contributed by atoms with van der Waals surface area (Å²) >= 11 is 0. The number of furan rings is 1. The Morgan fingerprint density at radius 1 is 1.31 bits per heavy atom. The van der Waals surface area contributed by atoms with Gasteiger partial charge in [0, 0.05) is 13.0 Å².